The molecular formula is C13H15N3O2. The minimum absolute atomic E-state index is 0.360. The summed E-state index contributed by atoms with van der Waals surface area (Å²) < 4.78 is 4.74. The molecule has 3 N–H and O–H groups in total. The Balaban J connectivity index is 2.64. The van der Waals surface area contributed by atoms with Crippen LogP contribution >= 0.6 is 0 Å². The number of hydrogen-bond donors (Lipinski definition) is 2. The number of esters is 1. The molecule has 1 aromatic heterocycles. The van der Waals surface area contributed by atoms with E-state index in [1.165, 1.54) is 7.11 Å². The van der Waals surface area contributed by atoms with Crippen LogP contribution in [0.3, 0.4) is 0 Å². The molecule has 94 valence electrons. The van der Waals surface area contributed by atoms with E-state index in [0.717, 1.165) is 22.3 Å². The van der Waals surface area contributed by atoms with Crippen molar-refractivity contribution in [3.05, 3.63) is 35.0 Å². The lowest BCUT2D eigenvalue weighted by atomic mass is 9.95. The van der Waals surface area contributed by atoms with Gasteiger partial charge in [-0.15, -0.1) is 0 Å². The number of rotatable bonds is 2. The number of methoxy groups -OCH3 is 1. The molecule has 0 saturated heterocycles. The summed E-state index contributed by atoms with van der Waals surface area (Å²) in [5.74, 6) is 0.126. The van der Waals surface area contributed by atoms with Crippen molar-refractivity contribution in [1.82, 2.24) is 10.2 Å². The highest BCUT2D eigenvalue weighted by atomic mass is 16.5. The second kappa shape index (κ2) is 4.52. The van der Waals surface area contributed by atoms with Crippen molar-refractivity contribution in [3.8, 4) is 11.1 Å². The number of H-pyrrole nitrogens is 1. The second-order valence-corrected chi connectivity index (χ2v) is 4.15. The number of nitrogens with one attached hydrogen (secondary N) is 1. The number of nitrogens with two attached hydrogens (primary N) is 1. The standard InChI is InChI=1S/C13H15N3O2/c1-7-4-9(13(17)18-3)5-10(8(7)2)11-6-15-16-12(11)14/h4-6H,1-3H3,(H3,14,15,16). The molecule has 0 aliphatic heterocycles. The first-order valence-electron chi connectivity index (χ1n) is 5.53. The molecule has 5 heteroatoms. The normalized spacial score (nSPS) is 10.4. The Kier molecular flexibility index (Phi) is 3.06. The van der Waals surface area contributed by atoms with Crippen molar-refractivity contribution in [2.45, 2.75) is 13.8 Å². The van der Waals surface area contributed by atoms with Crippen LogP contribution in [0.25, 0.3) is 11.1 Å². The number of nitrogens with zero attached hydrogens (tertiary/aromatic N) is 1. The fourth-order valence-electron chi connectivity index (χ4n) is 1.89. The second-order valence-electron chi connectivity index (χ2n) is 4.15. The Morgan fingerprint density at radius 3 is 2.61 bits per heavy atom. The number of benzene rings is 1. The van der Waals surface area contributed by atoms with Gasteiger partial charge < -0.3 is 10.5 Å². The zero-order valence-electron chi connectivity index (χ0n) is 10.6. The van der Waals surface area contributed by atoms with Gasteiger partial charge in [-0.25, -0.2) is 4.79 Å². The largest absolute Gasteiger partial charge is 0.465 e. The van der Waals surface area contributed by atoms with Crippen LogP contribution in [0.2, 0.25) is 0 Å². The highest BCUT2D eigenvalue weighted by molar-refractivity contribution is 5.92. The van der Waals surface area contributed by atoms with Crippen molar-refractivity contribution in [2.75, 3.05) is 12.8 Å². The van der Waals surface area contributed by atoms with Gasteiger partial charge in [0.1, 0.15) is 5.82 Å². The summed E-state index contributed by atoms with van der Waals surface area (Å²) in [6.45, 7) is 3.93. The Morgan fingerprint density at radius 1 is 1.33 bits per heavy atom. The lowest BCUT2D eigenvalue weighted by Gasteiger charge is -2.10. The number of carbonyl (C=O) groups is 1. The highest BCUT2D eigenvalue weighted by Gasteiger charge is 2.14. The minimum Gasteiger partial charge on any atom is -0.465 e. The van der Waals surface area contributed by atoms with Gasteiger partial charge in [0.05, 0.1) is 18.9 Å². The number of anilines is 1. The first-order valence-corrected chi connectivity index (χ1v) is 5.53. The van der Waals surface area contributed by atoms with Gasteiger partial charge in [-0.2, -0.15) is 5.10 Å². The van der Waals surface area contributed by atoms with Gasteiger partial charge in [0.25, 0.3) is 0 Å². The zero-order chi connectivity index (χ0) is 13.3. The van der Waals surface area contributed by atoms with Crippen molar-refractivity contribution < 1.29 is 9.53 Å². The van der Waals surface area contributed by atoms with Crippen LogP contribution in [-0.4, -0.2) is 23.3 Å². The van der Waals surface area contributed by atoms with E-state index < -0.39 is 0 Å². The number of carbonyl (C=O) groups excluding carboxylic acids is 1. The molecule has 2 aromatic rings. The Bertz CT molecular complexity index is 602. The van der Waals surface area contributed by atoms with Crippen LogP contribution in [0.1, 0.15) is 21.5 Å². The van der Waals surface area contributed by atoms with E-state index in [2.05, 4.69) is 10.2 Å². The molecule has 5 nitrogen and oxygen atoms in total. The molecule has 0 unspecified atom stereocenters. The van der Waals surface area contributed by atoms with Gasteiger partial charge >= 0.3 is 5.97 Å². The first kappa shape index (κ1) is 12.2. The lowest BCUT2D eigenvalue weighted by molar-refractivity contribution is 0.0600. The first-order chi connectivity index (χ1) is 8.54. The van der Waals surface area contributed by atoms with Crippen molar-refractivity contribution in [2.24, 2.45) is 0 Å². The molecule has 0 aliphatic carbocycles. The van der Waals surface area contributed by atoms with Crippen LogP contribution in [0, 0.1) is 13.8 Å². The topological polar surface area (TPSA) is 81.0 Å². The molecular weight excluding hydrogens is 230 g/mol. The van der Waals surface area contributed by atoms with Gasteiger partial charge in [0, 0.05) is 5.56 Å². The summed E-state index contributed by atoms with van der Waals surface area (Å²) in [5.41, 5.74) is 10.1. The van der Waals surface area contributed by atoms with E-state index in [1.54, 1.807) is 18.3 Å². The maximum absolute atomic E-state index is 11.6. The Hall–Kier alpha value is -2.30. The van der Waals surface area contributed by atoms with E-state index in [4.69, 9.17) is 10.5 Å². The number of aromatic amines is 1. The number of aromatic nitrogens is 2. The molecule has 0 radical (unpaired) electrons. The summed E-state index contributed by atoms with van der Waals surface area (Å²) in [6.07, 6.45) is 1.65. The fourth-order valence-corrected chi connectivity index (χ4v) is 1.89. The fraction of sp³-hybridized carbons (Fsp3) is 0.231. The van der Waals surface area contributed by atoms with E-state index in [9.17, 15) is 4.79 Å². The average molecular weight is 245 g/mol. The van der Waals surface area contributed by atoms with Gasteiger partial charge in [0.15, 0.2) is 0 Å². The SMILES string of the molecule is COC(=O)c1cc(C)c(C)c(-c2cn[nH]c2N)c1. The molecule has 1 heterocycles. The molecule has 0 aliphatic rings. The van der Waals surface area contributed by atoms with Crippen LogP contribution in [0.5, 0.6) is 0 Å². The predicted molar refractivity (Wildman–Crippen MR) is 69.2 cm³/mol. The summed E-state index contributed by atoms with van der Waals surface area (Å²) in [4.78, 5) is 11.6. The third-order valence-electron chi connectivity index (χ3n) is 3.05. The molecule has 0 atom stereocenters. The predicted octanol–water partition coefficient (Wildman–Crippen LogP) is 2.06. The molecule has 0 bridgehead atoms. The monoisotopic (exact) mass is 245 g/mol. The van der Waals surface area contributed by atoms with Crippen LogP contribution in [0.4, 0.5) is 5.82 Å². The van der Waals surface area contributed by atoms with E-state index >= 15 is 0 Å². The Labute approximate surface area is 105 Å². The Morgan fingerprint density at radius 2 is 2.06 bits per heavy atom. The van der Waals surface area contributed by atoms with Gasteiger partial charge in [-0.05, 0) is 42.7 Å². The van der Waals surface area contributed by atoms with Crippen molar-refractivity contribution in [3.63, 3.8) is 0 Å². The van der Waals surface area contributed by atoms with Gasteiger partial charge in [-0.1, -0.05) is 0 Å². The zero-order valence-corrected chi connectivity index (χ0v) is 10.6. The molecule has 0 saturated carbocycles. The van der Waals surface area contributed by atoms with E-state index in [-0.39, 0.29) is 5.97 Å². The summed E-state index contributed by atoms with van der Waals surface area (Å²) in [6, 6.07) is 3.58. The molecule has 1 aromatic carbocycles. The smallest absolute Gasteiger partial charge is 0.337 e. The summed E-state index contributed by atoms with van der Waals surface area (Å²) >= 11 is 0. The maximum atomic E-state index is 11.6. The van der Waals surface area contributed by atoms with Gasteiger partial charge in [0.2, 0.25) is 0 Å². The third kappa shape index (κ3) is 1.95. The quantitative estimate of drug-likeness (QED) is 0.793. The molecule has 0 fully saturated rings. The summed E-state index contributed by atoms with van der Waals surface area (Å²) in [5, 5.41) is 6.59. The number of hydrogen-bond acceptors (Lipinski definition) is 4. The number of aryl methyl sites for hydroxylation is 1. The summed E-state index contributed by atoms with van der Waals surface area (Å²) in [7, 11) is 1.36. The number of nitrogen functional groups attached to an aromatic ring is 1. The average Bonchev–Trinajstić information content (AvgIpc) is 2.77. The van der Waals surface area contributed by atoms with E-state index in [0.29, 0.717) is 11.4 Å². The van der Waals surface area contributed by atoms with Crippen LogP contribution in [-0.2, 0) is 4.74 Å². The maximum Gasteiger partial charge on any atom is 0.337 e. The van der Waals surface area contributed by atoms with Crippen molar-refractivity contribution >= 4 is 11.8 Å². The highest BCUT2D eigenvalue weighted by Crippen LogP contribution is 2.30. The molecule has 2 rings (SSSR count). The van der Waals surface area contributed by atoms with E-state index in [1.807, 2.05) is 13.8 Å². The molecule has 18 heavy (non-hydrogen) atoms. The molecule has 0 spiro atoms. The molecule has 0 amide bonds. The third-order valence-corrected chi connectivity index (χ3v) is 3.05. The van der Waals surface area contributed by atoms with Crippen LogP contribution < -0.4 is 5.73 Å². The van der Waals surface area contributed by atoms with Crippen molar-refractivity contribution in [1.29, 1.82) is 0 Å². The van der Waals surface area contributed by atoms with Gasteiger partial charge in [-0.3, -0.25) is 5.10 Å². The lowest BCUT2D eigenvalue weighted by Crippen LogP contribution is -2.03. The minimum atomic E-state index is -0.360. The van der Waals surface area contributed by atoms with Crippen LogP contribution in [0.15, 0.2) is 18.3 Å². The number of ether oxygens (including phenoxy) is 1.